The average molecular weight is 370 g/mol. The van der Waals surface area contributed by atoms with E-state index in [-0.39, 0.29) is 11.9 Å². The first kappa shape index (κ1) is 17.8. The van der Waals surface area contributed by atoms with E-state index in [9.17, 15) is 9.59 Å². The number of piperidine rings is 1. The second-order valence-corrected chi connectivity index (χ2v) is 7.39. The Morgan fingerprint density at radius 2 is 2.11 bits per heavy atom. The molecule has 3 amide bonds. The molecule has 2 aliphatic rings. The van der Waals surface area contributed by atoms with Crippen molar-refractivity contribution in [3.63, 3.8) is 0 Å². The summed E-state index contributed by atoms with van der Waals surface area (Å²) < 4.78 is 1.97. The van der Waals surface area contributed by atoms with Crippen LogP contribution in [-0.4, -0.2) is 69.9 Å². The van der Waals surface area contributed by atoms with Crippen LogP contribution in [-0.2, 0) is 11.3 Å². The van der Waals surface area contributed by atoms with Gasteiger partial charge in [-0.1, -0.05) is 6.07 Å². The first-order valence-electron chi connectivity index (χ1n) is 9.53. The van der Waals surface area contributed by atoms with Gasteiger partial charge in [0.25, 0.3) is 0 Å². The molecule has 144 valence electrons. The number of nitrogens with zero attached hydrogens (tertiary/aromatic N) is 4. The molecule has 2 aromatic heterocycles. The Hall–Kier alpha value is -2.61. The third kappa shape index (κ3) is 3.25. The highest BCUT2D eigenvalue weighted by Crippen LogP contribution is 2.29. The van der Waals surface area contributed by atoms with Crippen LogP contribution in [0.1, 0.15) is 25.0 Å². The quantitative estimate of drug-likeness (QED) is 0.820. The van der Waals surface area contributed by atoms with E-state index in [2.05, 4.69) is 20.5 Å². The van der Waals surface area contributed by atoms with Gasteiger partial charge in [-0.3, -0.25) is 9.69 Å². The summed E-state index contributed by atoms with van der Waals surface area (Å²) in [6, 6.07) is 5.73. The van der Waals surface area contributed by atoms with Crippen molar-refractivity contribution in [1.82, 2.24) is 29.8 Å². The minimum atomic E-state index is -0.477. The summed E-state index contributed by atoms with van der Waals surface area (Å²) in [5.74, 6) is 0.105. The number of hydrogen-bond acceptors (Lipinski definition) is 4. The molecular weight excluding hydrogens is 344 g/mol. The molecule has 8 heteroatoms. The maximum absolute atomic E-state index is 12.6. The van der Waals surface area contributed by atoms with Gasteiger partial charge in [-0.25, -0.2) is 9.78 Å². The zero-order valence-electron chi connectivity index (χ0n) is 15.6. The van der Waals surface area contributed by atoms with E-state index in [1.54, 1.807) is 11.1 Å². The summed E-state index contributed by atoms with van der Waals surface area (Å²) in [4.78, 5) is 33.5. The van der Waals surface area contributed by atoms with Crippen LogP contribution >= 0.6 is 0 Å². The molecule has 2 aromatic rings. The van der Waals surface area contributed by atoms with Gasteiger partial charge in [-0.05, 0) is 38.4 Å². The number of aromatic nitrogens is 2. The molecule has 0 unspecified atom stereocenters. The van der Waals surface area contributed by atoms with Crippen molar-refractivity contribution >= 4 is 17.6 Å². The highest BCUT2D eigenvalue weighted by Gasteiger charge is 2.46. The van der Waals surface area contributed by atoms with Crippen LogP contribution in [0.3, 0.4) is 0 Å². The lowest BCUT2D eigenvalue weighted by Crippen LogP contribution is -2.62. The smallest absolute Gasteiger partial charge is 0.317 e. The number of carbonyl (C=O) groups excluding carboxylic acids is 2. The van der Waals surface area contributed by atoms with Crippen molar-refractivity contribution < 1.29 is 9.59 Å². The van der Waals surface area contributed by atoms with Crippen LogP contribution in [0.4, 0.5) is 4.79 Å². The second-order valence-electron chi connectivity index (χ2n) is 7.39. The number of fused-ring (bicyclic) bond motifs is 1. The Bertz CT molecular complexity index is 840. The predicted molar refractivity (Wildman–Crippen MR) is 101 cm³/mol. The molecule has 0 aliphatic carbocycles. The van der Waals surface area contributed by atoms with Gasteiger partial charge in [0.15, 0.2) is 0 Å². The van der Waals surface area contributed by atoms with E-state index >= 15 is 0 Å². The number of likely N-dealkylation sites (N-methyl/N-ethyl adjacent to an activating group) is 1. The Morgan fingerprint density at radius 1 is 1.30 bits per heavy atom. The molecule has 0 radical (unpaired) electrons. The second kappa shape index (κ2) is 7.19. The van der Waals surface area contributed by atoms with E-state index in [0.29, 0.717) is 32.5 Å². The largest absolute Gasteiger partial charge is 0.354 e. The first-order chi connectivity index (χ1) is 13.1. The average Bonchev–Trinajstić information content (AvgIpc) is 3.06. The van der Waals surface area contributed by atoms with Crippen LogP contribution in [0.25, 0.3) is 5.65 Å². The molecule has 27 heavy (non-hydrogen) atoms. The Labute approximate surface area is 158 Å². The van der Waals surface area contributed by atoms with Crippen molar-refractivity contribution in [3.05, 3.63) is 36.3 Å². The highest BCUT2D eigenvalue weighted by atomic mass is 16.2. The lowest BCUT2D eigenvalue weighted by Gasteiger charge is -2.44. The maximum atomic E-state index is 12.6. The minimum Gasteiger partial charge on any atom is -0.354 e. The Balaban J connectivity index is 1.36. The summed E-state index contributed by atoms with van der Waals surface area (Å²) in [7, 11) is 2.02. The van der Waals surface area contributed by atoms with E-state index < -0.39 is 5.54 Å². The third-order valence-electron chi connectivity index (χ3n) is 5.90. The van der Waals surface area contributed by atoms with Gasteiger partial charge in [0.1, 0.15) is 11.2 Å². The number of urea groups is 1. The molecule has 0 aromatic carbocycles. The van der Waals surface area contributed by atoms with Crippen molar-refractivity contribution in [2.45, 2.75) is 31.3 Å². The number of pyridine rings is 1. The molecule has 1 spiro atoms. The van der Waals surface area contributed by atoms with Crippen molar-refractivity contribution in [2.75, 3.05) is 33.2 Å². The van der Waals surface area contributed by atoms with Crippen LogP contribution in [0.15, 0.2) is 30.6 Å². The van der Waals surface area contributed by atoms with Crippen LogP contribution in [0.5, 0.6) is 0 Å². The predicted octanol–water partition coefficient (Wildman–Crippen LogP) is 0.830. The Kier molecular flexibility index (Phi) is 4.73. The molecule has 2 saturated heterocycles. The fourth-order valence-electron chi connectivity index (χ4n) is 4.15. The van der Waals surface area contributed by atoms with Gasteiger partial charge < -0.3 is 19.9 Å². The molecule has 4 rings (SSSR count). The van der Waals surface area contributed by atoms with Crippen molar-refractivity contribution in [2.24, 2.45) is 0 Å². The SMILES string of the molecule is CN1CCCNC(=O)C12CCN(C(=O)NCc1cnc3ccccn13)CC2. The number of imidazole rings is 1. The molecule has 0 bridgehead atoms. The van der Waals surface area contributed by atoms with E-state index in [1.165, 1.54) is 0 Å². The van der Waals surface area contributed by atoms with Crippen molar-refractivity contribution in [1.29, 1.82) is 0 Å². The summed E-state index contributed by atoms with van der Waals surface area (Å²) in [6.45, 7) is 3.22. The van der Waals surface area contributed by atoms with Crippen LogP contribution < -0.4 is 10.6 Å². The molecule has 2 N–H and O–H groups in total. The number of nitrogens with one attached hydrogen (secondary N) is 2. The van der Waals surface area contributed by atoms with E-state index in [1.807, 2.05) is 35.8 Å². The molecular formula is C19H26N6O2. The minimum absolute atomic E-state index is 0.0904. The van der Waals surface area contributed by atoms with Gasteiger partial charge in [-0.15, -0.1) is 0 Å². The zero-order chi connectivity index (χ0) is 18.9. The summed E-state index contributed by atoms with van der Waals surface area (Å²) >= 11 is 0. The molecule has 0 saturated carbocycles. The molecule has 2 aliphatic heterocycles. The number of amides is 3. The summed E-state index contributed by atoms with van der Waals surface area (Å²) in [6.07, 6.45) is 6.02. The summed E-state index contributed by atoms with van der Waals surface area (Å²) in [5, 5.41) is 6.02. The molecule has 4 heterocycles. The first-order valence-corrected chi connectivity index (χ1v) is 9.53. The normalized spacial score (nSPS) is 20.5. The Morgan fingerprint density at radius 3 is 2.93 bits per heavy atom. The van der Waals surface area contributed by atoms with Crippen LogP contribution in [0.2, 0.25) is 0 Å². The molecule has 2 fully saturated rings. The number of carbonyl (C=O) groups is 2. The maximum Gasteiger partial charge on any atom is 0.317 e. The van der Waals surface area contributed by atoms with Crippen LogP contribution in [0, 0.1) is 0 Å². The molecule has 0 atom stereocenters. The van der Waals surface area contributed by atoms with Gasteiger partial charge in [0.05, 0.1) is 18.4 Å². The number of likely N-dealkylation sites (tertiary alicyclic amines) is 1. The third-order valence-corrected chi connectivity index (χ3v) is 5.90. The van der Waals surface area contributed by atoms with Gasteiger partial charge >= 0.3 is 6.03 Å². The standard InChI is InChI=1S/C19H26N6O2/c1-23-9-4-8-20-17(26)19(23)6-11-24(12-7-19)18(27)22-14-15-13-21-16-5-2-3-10-25(15)16/h2-3,5,10,13H,4,6-9,11-12,14H2,1H3,(H,20,26)(H,22,27). The number of rotatable bonds is 2. The zero-order valence-corrected chi connectivity index (χ0v) is 15.6. The van der Waals surface area contributed by atoms with Crippen molar-refractivity contribution in [3.8, 4) is 0 Å². The number of hydrogen-bond donors (Lipinski definition) is 2. The lowest BCUT2D eigenvalue weighted by atomic mass is 9.85. The monoisotopic (exact) mass is 370 g/mol. The highest BCUT2D eigenvalue weighted by molar-refractivity contribution is 5.87. The van der Waals surface area contributed by atoms with E-state index in [0.717, 1.165) is 30.9 Å². The van der Waals surface area contributed by atoms with Gasteiger partial charge in [-0.2, -0.15) is 0 Å². The lowest BCUT2D eigenvalue weighted by molar-refractivity contribution is -0.134. The van der Waals surface area contributed by atoms with Gasteiger partial charge in [0.2, 0.25) is 5.91 Å². The van der Waals surface area contributed by atoms with E-state index in [4.69, 9.17) is 0 Å². The van der Waals surface area contributed by atoms with Gasteiger partial charge in [0, 0.05) is 32.4 Å². The molecule has 8 nitrogen and oxygen atoms in total. The fourth-order valence-corrected chi connectivity index (χ4v) is 4.15. The topological polar surface area (TPSA) is 82.0 Å². The summed E-state index contributed by atoms with van der Waals surface area (Å²) in [5.41, 5.74) is 1.33. The fraction of sp³-hybridized carbons (Fsp3) is 0.526.